The molecule has 0 heterocycles. The Labute approximate surface area is 188 Å². The zero-order valence-electron chi connectivity index (χ0n) is 16.0. The van der Waals surface area contributed by atoms with Gasteiger partial charge in [-0.3, -0.25) is 9.79 Å². The lowest BCUT2D eigenvalue weighted by molar-refractivity contribution is 0.0954. The number of guanidine groups is 1. The van der Waals surface area contributed by atoms with Crippen molar-refractivity contribution in [2.45, 2.75) is 13.5 Å². The number of aliphatic imine (C=N–C) groups is 1. The van der Waals surface area contributed by atoms with Gasteiger partial charge in [-0.2, -0.15) is 0 Å². The van der Waals surface area contributed by atoms with Gasteiger partial charge in [0.15, 0.2) is 5.96 Å². The molecule has 0 aliphatic rings. The van der Waals surface area contributed by atoms with E-state index >= 15 is 0 Å². The maximum atomic E-state index is 12.1. The molecule has 8 heteroatoms. The summed E-state index contributed by atoms with van der Waals surface area (Å²) < 4.78 is 5.62. The number of nitrogens with one attached hydrogen (secondary N) is 3. The number of rotatable bonds is 8. The molecule has 0 atom stereocenters. The largest absolute Gasteiger partial charge is 0.494 e. The molecule has 0 radical (unpaired) electrons. The molecule has 0 saturated carbocycles. The molecule has 2 rings (SSSR count). The normalized spacial score (nSPS) is 10.6. The van der Waals surface area contributed by atoms with Crippen molar-refractivity contribution in [3.05, 3.63) is 64.7 Å². The van der Waals surface area contributed by atoms with Crippen molar-refractivity contribution in [2.75, 3.05) is 26.7 Å². The Kier molecular flexibility index (Phi) is 11.4. The van der Waals surface area contributed by atoms with Crippen LogP contribution < -0.4 is 20.7 Å². The van der Waals surface area contributed by atoms with Gasteiger partial charge in [-0.1, -0.05) is 41.9 Å². The lowest BCUT2D eigenvalue weighted by atomic mass is 10.2. The zero-order valence-corrected chi connectivity index (χ0v) is 19.1. The van der Waals surface area contributed by atoms with Crippen LogP contribution in [0.1, 0.15) is 22.8 Å². The van der Waals surface area contributed by atoms with Gasteiger partial charge in [-0.15, -0.1) is 24.0 Å². The molecule has 3 N–H and O–H groups in total. The molecule has 0 unspecified atom stereocenters. The summed E-state index contributed by atoms with van der Waals surface area (Å²) in [7, 11) is 1.70. The second kappa shape index (κ2) is 13.2. The predicted octanol–water partition coefficient (Wildman–Crippen LogP) is 3.45. The van der Waals surface area contributed by atoms with Crippen molar-refractivity contribution in [1.82, 2.24) is 16.0 Å². The molecule has 0 saturated heterocycles. The molecule has 0 fully saturated rings. The smallest absolute Gasteiger partial charge is 0.252 e. The Morgan fingerprint density at radius 2 is 1.71 bits per heavy atom. The molecule has 0 aromatic heterocycles. The van der Waals surface area contributed by atoms with Crippen LogP contribution in [0.25, 0.3) is 0 Å². The summed E-state index contributed by atoms with van der Waals surface area (Å²) in [6, 6.07) is 14.8. The SMILES string of the molecule is CCOc1ccccc1CNC(=NC)NCCNC(=O)c1ccccc1Cl.I. The molecule has 6 nitrogen and oxygen atoms in total. The Morgan fingerprint density at radius 3 is 2.43 bits per heavy atom. The first-order valence-electron chi connectivity index (χ1n) is 8.83. The second-order valence-corrected chi connectivity index (χ2v) is 6.04. The van der Waals surface area contributed by atoms with E-state index in [-0.39, 0.29) is 29.9 Å². The Balaban J connectivity index is 0.00000392. The summed E-state index contributed by atoms with van der Waals surface area (Å²) in [4.78, 5) is 16.3. The number of hydrogen-bond donors (Lipinski definition) is 3. The monoisotopic (exact) mass is 516 g/mol. The number of halogens is 2. The van der Waals surface area contributed by atoms with E-state index in [0.717, 1.165) is 11.3 Å². The van der Waals surface area contributed by atoms with E-state index in [4.69, 9.17) is 16.3 Å². The minimum absolute atomic E-state index is 0. The number of nitrogens with zero attached hydrogens (tertiary/aromatic N) is 1. The quantitative estimate of drug-likeness (QED) is 0.217. The van der Waals surface area contributed by atoms with E-state index in [1.165, 1.54) is 0 Å². The van der Waals surface area contributed by atoms with Crippen molar-refractivity contribution < 1.29 is 9.53 Å². The van der Waals surface area contributed by atoms with Gasteiger partial charge in [0.25, 0.3) is 5.91 Å². The maximum absolute atomic E-state index is 12.1. The minimum atomic E-state index is -0.198. The molecule has 28 heavy (non-hydrogen) atoms. The fourth-order valence-corrected chi connectivity index (χ4v) is 2.66. The Hall–Kier alpha value is -2.00. The van der Waals surface area contributed by atoms with Crippen LogP contribution in [0.5, 0.6) is 5.75 Å². The van der Waals surface area contributed by atoms with Crippen LogP contribution in [0.4, 0.5) is 0 Å². The Bertz CT molecular complexity index is 786. The molecule has 0 aliphatic heterocycles. The summed E-state index contributed by atoms with van der Waals surface area (Å²) in [5.74, 6) is 1.30. The fourth-order valence-electron chi connectivity index (χ4n) is 2.44. The van der Waals surface area contributed by atoms with E-state index in [1.54, 1.807) is 31.3 Å². The first kappa shape index (κ1) is 24.0. The number of amides is 1. The van der Waals surface area contributed by atoms with Gasteiger partial charge in [0.05, 0.1) is 17.2 Å². The number of ether oxygens (including phenoxy) is 1. The van der Waals surface area contributed by atoms with Gasteiger partial charge in [0.2, 0.25) is 0 Å². The standard InChI is InChI=1S/C20H25ClN4O2.HI/c1-3-27-18-11-7-4-8-15(18)14-25-20(22-2)24-13-12-23-19(26)16-9-5-6-10-17(16)21;/h4-11H,3,12-14H2,1-2H3,(H,23,26)(H2,22,24,25);1H. The highest BCUT2D eigenvalue weighted by Gasteiger charge is 2.08. The molecule has 2 aromatic rings. The van der Waals surface area contributed by atoms with Crippen LogP contribution in [0.2, 0.25) is 5.02 Å². The predicted molar refractivity (Wildman–Crippen MR) is 125 cm³/mol. The van der Waals surface area contributed by atoms with Gasteiger partial charge in [0, 0.05) is 32.2 Å². The van der Waals surface area contributed by atoms with Crippen LogP contribution in [0.3, 0.4) is 0 Å². The summed E-state index contributed by atoms with van der Waals surface area (Å²) in [5.41, 5.74) is 1.52. The molecule has 0 bridgehead atoms. The van der Waals surface area contributed by atoms with Crippen molar-refractivity contribution in [2.24, 2.45) is 4.99 Å². The van der Waals surface area contributed by atoms with E-state index in [0.29, 0.717) is 42.8 Å². The highest BCUT2D eigenvalue weighted by molar-refractivity contribution is 14.0. The van der Waals surface area contributed by atoms with E-state index < -0.39 is 0 Å². The lowest BCUT2D eigenvalue weighted by Crippen LogP contribution is -2.41. The molecule has 1 amide bonds. The summed E-state index contributed by atoms with van der Waals surface area (Å²) in [5, 5.41) is 9.67. The Morgan fingerprint density at radius 1 is 1.04 bits per heavy atom. The van der Waals surface area contributed by atoms with Crippen LogP contribution in [-0.4, -0.2) is 38.6 Å². The highest BCUT2D eigenvalue weighted by Crippen LogP contribution is 2.17. The second-order valence-electron chi connectivity index (χ2n) is 5.63. The fraction of sp³-hybridized carbons (Fsp3) is 0.300. The van der Waals surface area contributed by atoms with Crippen LogP contribution in [-0.2, 0) is 6.54 Å². The molecule has 2 aromatic carbocycles. The maximum Gasteiger partial charge on any atom is 0.252 e. The third-order valence-electron chi connectivity index (χ3n) is 3.76. The zero-order chi connectivity index (χ0) is 19.5. The van der Waals surface area contributed by atoms with Crippen molar-refractivity contribution >= 4 is 47.4 Å². The average molecular weight is 517 g/mol. The molecule has 0 spiro atoms. The first-order valence-corrected chi connectivity index (χ1v) is 9.21. The minimum Gasteiger partial charge on any atom is -0.494 e. The summed E-state index contributed by atoms with van der Waals surface area (Å²) in [6.45, 7) is 4.14. The molecule has 0 aliphatic carbocycles. The lowest BCUT2D eigenvalue weighted by Gasteiger charge is -2.14. The summed E-state index contributed by atoms with van der Waals surface area (Å²) >= 11 is 6.02. The number of carbonyl (C=O) groups excluding carboxylic acids is 1. The number of benzene rings is 2. The van der Waals surface area contributed by atoms with Crippen LogP contribution >= 0.6 is 35.6 Å². The van der Waals surface area contributed by atoms with Crippen LogP contribution in [0.15, 0.2) is 53.5 Å². The van der Waals surface area contributed by atoms with E-state index in [1.807, 2.05) is 31.2 Å². The van der Waals surface area contributed by atoms with Gasteiger partial charge in [-0.05, 0) is 25.1 Å². The van der Waals surface area contributed by atoms with Gasteiger partial charge in [0.1, 0.15) is 5.75 Å². The number of carbonyl (C=O) groups is 1. The summed E-state index contributed by atoms with van der Waals surface area (Å²) in [6.07, 6.45) is 0. The van der Waals surface area contributed by atoms with Gasteiger partial charge < -0.3 is 20.7 Å². The van der Waals surface area contributed by atoms with E-state index in [9.17, 15) is 4.79 Å². The van der Waals surface area contributed by atoms with Crippen molar-refractivity contribution in [3.8, 4) is 5.75 Å². The third kappa shape index (κ3) is 7.55. The molecule has 152 valence electrons. The van der Waals surface area contributed by atoms with E-state index in [2.05, 4.69) is 20.9 Å². The van der Waals surface area contributed by atoms with Crippen LogP contribution in [0, 0.1) is 0 Å². The number of hydrogen-bond acceptors (Lipinski definition) is 3. The van der Waals surface area contributed by atoms with Crippen molar-refractivity contribution in [1.29, 1.82) is 0 Å². The average Bonchev–Trinajstić information content (AvgIpc) is 2.69. The number of para-hydroxylation sites is 1. The topological polar surface area (TPSA) is 74.8 Å². The van der Waals surface area contributed by atoms with Gasteiger partial charge >= 0.3 is 0 Å². The third-order valence-corrected chi connectivity index (χ3v) is 4.09. The highest BCUT2D eigenvalue weighted by atomic mass is 127. The van der Waals surface area contributed by atoms with Crippen molar-refractivity contribution in [3.63, 3.8) is 0 Å². The van der Waals surface area contributed by atoms with Gasteiger partial charge in [-0.25, -0.2) is 0 Å². The first-order chi connectivity index (χ1) is 13.2. The molecular weight excluding hydrogens is 491 g/mol. The molecular formula is C20H26ClIN4O2.